The molecule has 0 aromatic heterocycles. The summed E-state index contributed by atoms with van der Waals surface area (Å²) in [6.07, 6.45) is 1.32. The van der Waals surface area contributed by atoms with Gasteiger partial charge in [0, 0.05) is 30.5 Å². The normalized spacial score (nSPS) is 21.0. The summed E-state index contributed by atoms with van der Waals surface area (Å²) in [6, 6.07) is 17.1. The van der Waals surface area contributed by atoms with Gasteiger partial charge in [-0.3, -0.25) is 0 Å². The molecular weight excluding hydrogens is 630 g/mol. The van der Waals surface area contributed by atoms with E-state index in [1.54, 1.807) is 12.1 Å². The molecule has 6 rings (SSSR count). The highest BCUT2D eigenvalue weighted by Crippen LogP contribution is 2.31. The summed E-state index contributed by atoms with van der Waals surface area (Å²) < 4.78 is 92.4. The molecule has 4 atom stereocenters. The molecular formula is C38H40F6N2O2. The standard InChI is InChI=1S/2C19H20F3NO/c1-12-8-14(20)3-4-15(12)16-10-23-7-6-19(16)24-11-13-2-5-17(21)18(22)9-13;1-12-9-13(20)5-6-14(12)15-10-23-8-7-19(15)24-11-16-17(21)3-2-4-18(16)22/h2-5,8-9,16,19,23H,6-7,10-11H2,1H3;2-6,9,15,19,23H,7-8,10-11H2,1H3. The highest BCUT2D eigenvalue weighted by molar-refractivity contribution is 5.33. The van der Waals surface area contributed by atoms with Crippen LogP contribution in [-0.4, -0.2) is 38.4 Å². The van der Waals surface area contributed by atoms with Gasteiger partial charge < -0.3 is 20.1 Å². The molecule has 256 valence electrons. The molecule has 0 amide bonds. The van der Waals surface area contributed by atoms with Crippen molar-refractivity contribution in [2.24, 2.45) is 0 Å². The van der Waals surface area contributed by atoms with Crippen molar-refractivity contribution in [3.8, 4) is 0 Å². The van der Waals surface area contributed by atoms with Crippen LogP contribution in [0.25, 0.3) is 0 Å². The average Bonchev–Trinajstić information content (AvgIpc) is 3.06. The summed E-state index contributed by atoms with van der Waals surface area (Å²) in [4.78, 5) is 0. The number of halogens is 6. The minimum atomic E-state index is -0.868. The predicted molar refractivity (Wildman–Crippen MR) is 173 cm³/mol. The van der Waals surface area contributed by atoms with Crippen LogP contribution >= 0.6 is 0 Å². The summed E-state index contributed by atoms with van der Waals surface area (Å²) in [7, 11) is 0. The van der Waals surface area contributed by atoms with Gasteiger partial charge in [0.25, 0.3) is 0 Å². The molecule has 0 spiro atoms. The zero-order chi connectivity index (χ0) is 34.2. The van der Waals surface area contributed by atoms with Crippen LogP contribution < -0.4 is 10.6 Å². The fourth-order valence-electron chi connectivity index (χ4n) is 6.49. The van der Waals surface area contributed by atoms with E-state index in [9.17, 15) is 26.3 Å². The zero-order valence-electron chi connectivity index (χ0n) is 27.0. The zero-order valence-corrected chi connectivity index (χ0v) is 27.0. The van der Waals surface area contributed by atoms with E-state index in [2.05, 4.69) is 10.6 Å². The number of benzene rings is 4. The van der Waals surface area contributed by atoms with E-state index in [0.717, 1.165) is 66.9 Å². The molecule has 0 radical (unpaired) electrons. The van der Waals surface area contributed by atoms with Gasteiger partial charge in [-0.2, -0.15) is 0 Å². The van der Waals surface area contributed by atoms with Crippen LogP contribution in [0.1, 0.15) is 58.1 Å². The Hall–Kier alpha value is -3.70. The van der Waals surface area contributed by atoms with Crippen LogP contribution in [0.4, 0.5) is 26.3 Å². The fourth-order valence-corrected chi connectivity index (χ4v) is 6.49. The van der Waals surface area contributed by atoms with Gasteiger partial charge in [-0.15, -0.1) is 0 Å². The molecule has 2 saturated heterocycles. The molecule has 4 nitrogen and oxygen atoms in total. The Balaban J connectivity index is 0.000000188. The molecule has 2 heterocycles. The number of hydrogen-bond acceptors (Lipinski definition) is 4. The quantitative estimate of drug-likeness (QED) is 0.186. The summed E-state index contributed by atoms with van der Waals surface area (Å²) in [5.74, 6) is -3.33. The molecule has 0 bridgehead atoms. The second-order valence-corrected chi connectivity index (χ2v) is 12.3. The SMILES string of the molecule is Cc1cc(F)ccc1C1CNCCC1OCc1c(F)cccc1F.Cc1cc(F)ccc1C1CNCCC1OCc1ccc(F)c(F)c1. The molecule has 2 aliphatic heterocycles. The number of aryl methyl sites for hydroxylation is 2. The first-order valence-electron chi connectivity index (χ1n) is 16.1. The van der Waals surface area contributed by atoms with Gasteiger partial charge in [-0.1, -0.05) is 24.3 Å². The van der Waals surface area contributed by atoms with Crippen molar-refractivity contribution in [2.45, 2.75) is 63.9 Å². The van der Waals surface area contributed by atoms with Gasteiger partial charge in [0.1, 0.15) is 23.3 Å². The van der Waals surface area contributed by atoms with Crippen molar-refractivity contribution in [3.05, 3.63) is 141 Å². The van der Waals surface area contributed by atoms with Gasteiger partial charge >= 0.3 is 0 Å². The largest absolute Gasteiger partial charge is 0.373 e. The molecule has 4 unspecified atom stereocenters. The van der Waals surface area contributed by atoms with Gasteiger partial charge in [0.05, 0.1) is 25.4 Å². The Labute approximate surface area is 277 Å². The highest BCUT2D eigenvalue weighted by atomic mass is 19.2. The monoisotopic (exact) mass is 670 g/mol. The van der Waals surface area contributed by atoms with Crippen molar-refractivity contribution < 1.29 is 35.8 Å². The van der Waals surface area contributed by atoms with Crippen molar-refractivity contribution >= 4 is 0 Å². The van der Waals surface area contributed by atoms with Crippen LogP contribution in [0.2, 0.25) is 0 Å². The Kier molecular flexibility index (Phi) is 12.3. The van der Waals surface area contributed by atoms with Crippen LogP contribution in [-0.2, 0) is 22.7 Å². The van der Waals surface area contributed by atoms with Crippen LogP contribution in [0.3, 0.4) is 0 Å². The second kappa shape index (κ2) is 16.6. The Bertz CT molecular complexity index is 1670. The highest BCUT2D eigenvalue weighted by Gasteiger charge is 2.30. The van der Waals surface area contributed by atoms with Gasteiger partial charge in [-0.25, -0.2) is 26.3 Å². The first kappa shape index (κ1) is 35.6. The Morgan fingerprint density at radius 1 is 0.583 bits per heavy atom. The van der Waals surface area contributed by atoms with E-state index in [-0.39, 0.29) is 54.5 Å². The van der Waals surface area contributed by atoms with Crippen molar-refractivity contribution in [2.75, 3.05) is 26.2 Å². The molecule has 0 saturated carbocycles. The minimum absolute atomic E-state index is 0.0224. The van der Waals surface area contributed by atoms with Crippen molar-refractivity contribution in [1.82, 2.24) is 10.6 Å². The lowest BCUT2D eigenvalue weighted by atomic mass is 9.86. The number of piperidine rings is 2. The van der Waals surface area contributed by atoms with E-state index in [1.165, 1.54) is 48.5 Å². The van der Waals surface area contributed by atoms with E-state index in [0.29, 0.717) is 12.1 Å². The lowest BCUT2D eigenvalue weighted by molar-refractivity contribution is 0.00431. The number of rotatable bonds is 8. The summed E-state index contributed by atoms with van der Waals surface area (Å²) >= 11 is 0. The first-order chi connectivity index (χ1) is 23.1. The third kappa shape index (κ3) is 9.05. The smallest absolute Gasteiger partial charge is 0.159 e. The lowest BCUT2D eigenvalue weighted by Crippen LogP contribution is -2.40. The maximum absolute atomic E-state index is 13.8. The molecule has 2 fully saturated rings. The average molecular weight is 671 g/mol. The Morgan fingerprint density at radius 2 is 1.10 bits per heavy atom. The third-order valence-corrected chi connectivity index (χ3v) is 9.05. The molecule has 2 aliphatic rings. The fraction of sp³-hybridized carbons (Fsp3) is 0.368. The summed E-state index contributed by atoms with van der Waals surface area (Å²) in [5, 5.41) is 6.64. The van der Waals surface area contributed by atoms with Crippen LogP contribution in [0.15, 0.2) is 72.8 Å². The maximum Gasteiger partial charge on any atom is 0.159 e. The van der Waals surface area contributed by atoms with Crippen molar-refractivity contribution in [3.63, 3.8) is 0 Å². The van der Waals surface area contributed by atoms with Crippen LogP contribution in [0, 0.1) is 48.8 Å². The van der Waals surface area contributed by atoms with Crippen LogP contribution in [0.5, 0.6) is 0 Å². The Morgan fingerprint density at radius 3 is 1.60 bits per heavy atom. The number of nitrogens with one attached hydrogen (secondary N) is 2. The molecule has 10 heteroatoms. The predicted octanol–water partition coefficient (Wildman–Crippen LogP) is 8.15. The number of hydrogen-bond donors (Lipinski definition) is 2. The van der Waals surface area contributed by atoms with E-state index >= 15 is 0 Å². The van der Waals surface area contributed by atoms with Crippen molar-refractivity contribution in [1.29, 1.82) is 0 Å². The molecule has 4 aromatic carbocycles. The molecule has 4 aromatic rings. The lowest BCUT2D eigenvalue weighted by Gasteiger charge is -2.33. The third-order valence-electron chi connectivity index (χ3n) is 9.05. The number of ether oxygens (including phenoxy) is 2. The summed E-state index contributed by atoms with van der Waals surface area (Å²) in [5.41, 5.74) is 4.36. The maximum atomic E-state index is 13.8. The van der Waals surface area contributed by atoms with E-state index in [1.807, 2.05) is 13.8 Å². The van der Waals surface area contributed by atoms with Gasteiger partial charge in [0.2, 0.25) is 0 Å². The second-order valence-electron chi connectivity index (χ2n) is 12.3. The summed E-state index contributed by atoms with van der Waals surface area (Å²) in [6.45, 7) is 6.91. The van der Waals surface area contributed by atoms with E-state index in [4.69, 9.17) is 9.47 Å². The van der Waals surface area contributed by atoms with Gasteiger partial charge in [0.15, 0.2) is 11.6 Å². The molecule has 48 heavy (non-hydrogen) atoms. The molecule has 2 N–H and O–H groups in total. The minimum Gasteiger partial charge on any atom is -0.373 e. The topological polar surface area (TPSA) is 42.5 Å². The van der Waals surface area contributed by atoms with Gasteiger partial charge in [-0.05, 0) is 116 Å². The first-order valence-corrected chi connectivity index (χ1v) is 16.1. The van der Waals surface area contributed by atoms with E-state index < -0.39 is 23.3 Å². The molecule has 0 aliphatic carbocycles.